The van der Waals surface area contributed by atoms with Crippen LogP contribution >= 0.6 is 35.4 Å². The van der Waals surface area contributed by atoms with E-state index in [1.165, 1.54) is 0 Å². The van der Waals surface area contributed by atoms with E-state index in [1.807, 2.05) is 6.07 Å². The first-order valence-electron chi connectivity index (χ1n) is 4.13. The van der Waals surface area contributed by atoms with Gasteiger partial charge in [0.1, 0.15) is 0 Å². The van der Waals surface area contributed by atoms with Crippen LogP contribution in [0.1, 0.15) is 25.3 Å². The summed E-state index contributed by atoms with van der Waals surface area (Å²) in [5, 5.41) is 3.48. The Kier molecular flexibility index (Phi) is 4.09. The van der Waals surface area contributed by atoms with Gasteiger partial charge in [0.15, 0.2) is 0 Å². The number of nitrogens with zero attached hydrogens (tertiary/aromatic N) is 1. The largest absolute Gasteiger partial charge is 0.193 e. The molecule has 1 aromatic rings. The third-order valence-electron chi connectivity index (χ3n) is 1.85. The van der Waals surface area contributed by atoms with Gasteiger partial charge in [-0.05, 0) is 35.8 Å². The Morgan fingerprint density at radius 2 is 1.93 bits per heavy atom. The Balaban J connectivity index is 3.30. The fraction of sp³-hybridized carbons (Fsp3) is 0.300. The van der Waals surface area contributed by atoms with Crippen molar-refractivity contribution in [3.05, 3.63) is 27.7 Å². The van der Waals surface area contributed by atoms with E-state index in [-0.39, 0.29) is 0 Å². The van der Waals surface area contributed by atoms with Crippen molar-refractivity contribution >= 4 is 46.3 Å². The van der Waals surface area contributed by atoms with Gasteiger partial charge in [0.05, 0.1) is 15.9 Å². The van der Waals surface area contributed by atoms with Crippen LogP contribution in [0.4, 0.5) is 5.69 Å². The van der Waals surface area contributed by atoms with Crippen LogP contribution in [0.2, 0.25) is 10.0 Å². The van der Waals surface area contributed by atoms with Gasteiger partial charge in [-0.25, -0.2) is 0 Å². The van der Waals surface area contributed by atoms with Gasteiger partial charge in [0.25, 0.3) is 0 Å². The van der Waals surface area contributed by atoms with E-state index in [9.17, 15) is 0 Å². The lowest BCUT2D eigenvalue weighted by atomic mass is 10.0. The van der Waals surface area contributed by atoms with E-state index in [2.05, 4.69) is 36.2 Å². The van der Waals surface area contributed by atoms with E-state index in [4.69, 9.17) is 23.2 Å². The molecule has 0 aliphatic heterocycles. The van der Waals surface area contributed by atoms with Crippen LogP contribution in [-0.4, -0.2) is 5.16 Å². The van der Waals surface area contributed by atoms with E-state index >= 15 is 0 Å². The second-order valence-electron chi connectivity index (χ2n) is 3.18. The third-order valence-corrected chi connectivity index (χ3v) is 2.58. The second-order valence-corrected chi connectivity index (χ2v) is 4.18. The summed E-state index contributed by atoms with van der Waals surface area (Å²) in [4.78, 5) is 3.82. The Labute approximate surface area is 98.8 Å². The van der Waals surface area contributed by atoms with Crippen molar-refractivity contribution in [2.75, 3.05) is 0 Å². The van der Waals surface area contributed by atoms with Crippen molar-refractivity contribution in [1.29, 1.82) is 0 Å². The minimum absolute atomic E-state index is 0.338. The smallest absolute Gasteiger partial charge is 0.0940 e. The van der Waals surface area contributed by atoms with Gasteiger partial charge in [0.2, 0.25) is 0 Å². The molecule has 0 radical (unpaired) electrons. The molecule has 0 fully saturated rings. The minimum Gasteiger partial charge on any atom is -0.193 e. The highest BCUT2D eigenvalue weighted by Crippen LogP contribution is 2.34. The summed E-state index contributed by atoms with van der Waals surface area (Å²) in [6.07, 6.45) is 0. The predicted octanol–water partition coefficient (Wildman–Crippen LogP) is 4.85. The SMILES string of the molecule is CC(C)c1cc(Cl)c(N=C=S)cc1Cl. The normalized spacial score (nSPS) is 10.1. The van der Waals surface area contributed by atoms with Crippen LogP contribution in [0.5, 0.6) is 0 Å². The highest BCUT2D eigenvalue weighted by Gasteiger charge is 2.09. The number of isothiocyanates is 1. The number of benzene rings is 1. The van der Waals surface area contributed by atoms with Crippen molar-refractivity contribution in [1.82, 2.24) is 0 Å². The molecular weight excluding hydrogens is 237 g/mol. The summed E-state index contributed by atoms with van der Waals surface area (Å²) in [6.45, 7) is 4.11. The summed E-state index contributed by atoms with van der Waals surface area (Å²) in [5.74, 6) is 0.338. The topological polar surface area (TPSA) is 12.4 Å². The van der Waals surface area contributed by atoms with Crippen LogP contribution in [0.15, 0.2) is 17.1 Å². The standard InChI is InChI=1S/C10H9Cl2NS/c1-6(2)7-3-9(12)10(13-5-14)4-8(7)11/h3-4,6H,1-2H3. The Morgan fingerprint density at radius 3 is 2.43 bits per heavy atom. The monoisotopic (exact) mass is 245 g/mol. The predicted molar refractivity (Wildman–Crippen MR) is 65.2 cm³/mol. The quantitative estimate of drug-likeness (QED) is 0.536. The summed E-state index contributed by atoms with van der Waals surface area (Å²) >= 11 is 16.5. The fourth-order valence-corrected chi connectivity index (χ4v) is 1.82. The van der Waals surface area contributed by atoms with Crippen LogP contribution < -0.4 is 0 Å². The summed E-state index contributed by atoms with van der Waals surface area (Å²) in [6, 6.07) is 3.53. The lowest BCUT2D eigenvalue weighted by molar-refractivity contribution is 0.867. The third kappa shape index (κ3) is 2.55. The molecule has 0 aliphatic carbocycles. The molecule has 0 spiro atoms. The minimum atomic E-state index is 0.338. The number of rotatable bonds is 2. The molecule has 0 aromatic heterocycles. The lowest BCUT2D eigenvalue weighted by Gasteiger charge is -2.09. The highest BCUT2D eigenvalue weighted by atomic mass is 35.5. The van der Waals surface area contributed by atoms with E-state index in [0.717, 1.165) is 5.56 Å². The molecule has 14 heavy (non-hydrogen) atoms. The van der Waals surface area contributed by atoms with E-state index in [1.54, 1.807) is 6.07 Å². The fourth-order valence-electron chi connectivity index (χ4n) is 1.13. The second kappa shape index (κ2) is 4.90. The molecule has 0 amide bonds. The van der Waals surface area contributed by atoms with E-state index in [0.29, 0.717) is 21.7 Å². The molecule has 0 atom stereocenters. The first kappa shape index (κ1) is 11.7. The first-order valence-corrected chi connectivity index (χ1v) is 5.29. The average molecular weight is 246 g/mol. The van der Waals surface area contributed by atoms with Crippen molar-refractivity contribution in [3.8, 4) is 0 Å². The molecular formula is C10H9Cl2NS. The number of thiocarbonyl (C=S) groups is 1. The lowest BCUT2D eigenvalue weighted by Crippen LogP contribution is -1.88. The number of halogens is 2. The summed E-state index contributed by atoms with van der Waals surface area (Å²) in [5.41, 5.74) is 1.58. The molecule has 0 bridgehead atoms. The molecule has 1 aromatic carbocycles. The molecule has 1 nitrogen and oxygen atoms in total. The summed E-state index contributed by atoms with van der Waals surface area (Å²) in [7, 11) is 0. The molecule has 0 aliphatic rings. The molecule has 1 rings (SSSR count). The Bertz CT molecular complexity index is 395. The van der Waals surface area contributed by atoms with Gasteiger partial charge in [-0.2, -0.15) is 4.99 Å². The molecule has 4 heteroatoms. The molecule has 0 unspecified atom stereocenters. The Hall–Kier alpha value is -0.400. The average Bonchev–Trinajstić information content (AvgIpc) is 2.10. The molecule has 0 saturated heterocycles. The maximum absolute atomic E-state index is 6.05. The van der Waals surface area contributed by atoms with Gasteiger partial charge < -0.3 is 0 Å². The summed E-state index contributed by atoms with van der Waals surface area (Å²) < 4.78 is 0. The van der Waals surface area contributed by atoms with Crippen LogP contribution in [0.3, 0.4) is 0 Å². The van der Waals surface area contributed by atoms with Crippen molar-refractivity contribution in [2.24, 2.45) is 4.99 Å². The van der Waals surface area contributed by atoms with Crippen LogP contribution in [0.25, 0.3) is 0 Å². The van der Waals surface area contributed by atoms with Crippen molar-refractivity contribution in [3.63, 3.8) is 0 Å². The van der Waals surface area contributed by atoms with Crippen LogP contribution in [-0.2, 0) is 0 Å². The molecule has 0 heterocycles. The van der Waals surface area contributed by atoms with E-state index < -0.39 is 0 Å². The first-order chi connectivity index (χ1) is 6.56. The number of aliphatic imine (C=N–C) groups is 1. The maximum atomic E-state index is 6.05. The zero-order chi connectivity index (χ0) is 10.7. The molecule has 74 valence electrons. The van der Waals surface area contributed by atoms with Gasteiger partial charge in [0, 0.05) is 5.02 Å². The van der Waals surface area contributed by atoms with Crippen molar-refractivity contribution < 1.29 is 0 Å². The van der Waals surface area contributed by atoms with Crippen molar-refractivity contribution in [2.45, 2.75) is 19.8 Å². The number of hydrogen-bond donors (Lipinski definition) is 0. The van der Waals surface area contributed by atoms with Crippen LogP contribution in [0, 0.1) is 0 Å². The molecule has 0 saturated carbocycles. The van der Waals surface area contributed by atoms with Gasteiger partial charge in [-0.3, -0.25) is 0 Å². The Morgan fingerprint density at radius 1 is 1.29 bits per heavy atom. The van der Waals surface area contributed by atoms with Gasteiger partial charge in [-0.15, -0.1) is 0 Å². The highest BCUT2D eigenvalue weighted by molar-refractivity contribution is 7.78. The molecule has 0 N–H and O–H groups in total. The van der Waals surface area contributed by atoms with Gasteiger partial charge >= 0.3 is 0 Å². The zero-order valence-corrected chi connectivity index (χ0v) is 10.2. The number of hydrogen-bond acceptors (Lipinski definition) is 2. The maximum Gasteiger partial charge on any atom is 0.0940 e. The zero-order valence-electron chi connectivity index (χ0n) is 7.84. The van der Waals surface area contributed by atoms with Gasteiger partial charge in [-0.1, -0.05) is 37.0 Å².